The first-order valence-electron chi connectivity index (χ1n) is 10.8. The summed E-state index contributed by atoms with van der Waals surface area (Å²) >= 11 is 3.81. The summed E-state index contributed by atoms with van der Waals surface area (Å²) in [6.07, 6.45) is 7.54. The second kappa shape index (κ2) is 7.85. The molecule has 0 aliphatic carbocycles. The van der Waals surface area contributed by atoms with Crippen LogP contribution in [0.2, 0.25) is 0 Å². The Hall–Kier alpha value is -2.55. The Morgan fingerprint density at radius 3 is 2.71 bits per heavy atom. The maximum absolute atomic E-state index is 12.7. The van der Waals surface area contributed by atoms with E-state index in [1.165, 1.54) is 0 Å². The Labute approximate surface area is 189 Å². The van der Waals surface area contributed by atoms with Gasteiger partial charge in [-0.1, -0.05) is 13.8 Å². The van der Waals surface area contributed by atoms with E-state index in [4.69, 9.17) is 4.74 Å². The van der Waals surface area contributed by atoms with Gasteiger partial charge in [-0.05, 0) is 40.8 Å². The van der Waals surface area contributed by atoms with Crippen molar-refractivity contribution < 1.29 is 9.53 Å². The number of aromatic amines is 1. The van der Waals surface area contributed by atoms with Crippen molar-refractivity contribution in [2.45, 2.75) is 38.8 Å². The number of aromatic nitrogens is 4. The summed E-state index contributed by atoms with van der Waals surface area (Å²) in [6.45, 7) is 6.18. The minimum absolute atomic E-state index is 0.164. The molecule has 8 nitrogen and oxygen atoms in total. The van der Waals surface area contributed by atoms with Crippen LogP contribution >= 0.6 is 15.9 Å². The molecule has 5 rings (SSSR count). The molecule has 31 heavy (non-hydrogen) atoms. The second-order valence-electron chi connectivity index (χ2n) is 8.94. The number of piperazine rings is 1. The number of carbonyl (C=O) groups excluding carboxylic acids is 1. The SMILES string of the molecule is CC(C)COC(=O)N1C2CCC1CN(c1ccnc3[nH]c(-c4cnn(C)c4)c(Br)c13)C2. The van der Waals surface area contributed by atoms with Gasteiger partial charge < -0.3 is 14.6 Å². The number of pyridine rings is 1. The van der Waals surface area contributed by atoms with Crippen molar-refractivity contribution in [3.05, 3.63) is 29.1 Å². The number of amides is 1. The van der Waals surface area contributed by atoms with Crippen molar-refractivity contribution in [2.75, 3.05) is 24.6 Å². The molecule has 5 heterocycles. The number of halogens is 1. The molecule has 0 radical (unpaired) electrons. The molecule has 2 atom stereocenters. The molecule has 1 amide bonds. The third-order valence-corrected chi connectivity index (χ3v) is 6.97. The average molecular weight is 487 g/mol. The number of nitrogens with one attached hydrogen (secondary N) is 1. The Morgan fingerprint density at radius 2 is 2.06 bits per heavy atom. The summed E-state index contributed by atoms with van der Waals surface area (Å²) < 4.78 is 8.33. The molecule has 0 spiro atoms. The van der Waals surface area contributed by atoms with Crippen LogP contribution in [0.25, 0.3) is 22.3 Å². The smallest absolute Gasteiger partial charge is 0.410 e. The average Bonchev–Trinajstić information content (AvgIpc) is 3.40. The third kappa shape index (κ3) is 3.58. The lowest BCUT2D eigenvalue weighted by molar-refractivity contribution is 0.0705. The standard InChI is InChI=1S/C22H27BrN6O2/c1-13(2)12-31-22(30)29-15-4-5-16(29)11-28(10-15)17-6-7-24-21-18(17)19(23)20(26-21)14-8-25-27(3)9-14/h6-9,13,15-16H,4-5,10-12H2,1-3H3,(H,24,26). The van der Waals surface area contributed by atoms with Gasteiger partial charge in [-0.25, -0.2) is 9.78 Å². The summed E-state index contributed by atoms with van der Waals surface area (Å²) in [5.41, 5.74) is 3.96. The minimum Gasteiger partial charge on any atom is -0.449 e. The highest BCUT2D eigenvalue weighted by molar-refractivity contribution is 9.10. The van der Waals surface area contributed by atoms with Gasteiger partial charge in [0.1, 0.15) is 5.65 Å². The number of ether oxygens (including phenoxy) is 1. The van der Waals surface area contributed by atoms with E-state index in [1.54, 1.807) is 4.68 Å². The van der Waals surface area contributed by atoms with Gasteiger partial charge in [-0.2, -0.15) is 5.10 Å². The molecular weight excluding hydrogens is 460 g/mol. The third-order valence-electron chi connectivity index (χ3n) is 6.18. The Morgan fingerprint density at radius 1 is 1.32 bits per heavy atom. The van der Waals surface area contributed by atoms with E-state index < -0.39 is 0 Å². The van der Waals surface area contributed by atoms with Crippen LogP contribution in [0.4, 0.5) is 10.5 Å². The normalized spacial score (nSPS) is 20.8. The van der Waals surface area contributed by atoms with Gasteiger partial charge in [0.25, 0.3) is 0 Å². The molecule has 0 saturated carbocycles. The molecule has 2 unspecified atom stereocenters. The number of hydrogen-bond donors (Lipinski definition) is 1. The number of hydrogen-bond acceptors (Lipinski definition) is 5. The fourth-order valence-electron chi connectivity index (χ4n) is 4.78. The molecular formula is C22H27BrN6O2. The molecule has 1 N–H and O–H groups in total. The zero-order chi connectivity index (χ0) is 21.7. The molecule has 2 aliphatic rings. The molecule has 164 valence electrons. The zero-order valence-electron chi connectivity index (χ0n) is 18.0. The summed E-state index contributed by atoms with van der Waals surface area (Å²) in [5, 5.41) is 5.36. The Bertz CT molecular complexity index is 1110. The van der Waals surface area contributed by atoms with Gasteiger partial charge in [-0.3, -0.25) is 9.58 Å². The van der Waals surface area contributed by atoms with Crippen LogP contribution in [0, 0.1) is 5.92 Å². The first kappa shape index (κ1) is 20.4. The quantitative estimate of drug-likeness (QED) is 0.598. The van der Waals surface area contributed by atoms with Crippen molar-refractivity contribution in [1.29, 1.82) is 0 Å². The molecule has 2 fully saturated rings. The molecule has 9 heteroatoms. The monoisotopic (exact) mass is 486 g/mol. The number of rotatable bonds is 4. The van der Waals surface area contributed by atoms with E-state index >= 15 is 0 Å². The summed E-state index contributed by atoms with van der Waals surface area (Å²) in [5.74, 6) is 0.341. The van der Waals surface area contributed by atoms with E-state index in [0.29, 0.717) is 12.5 Å². The number of aryl methyl sites for hydroxylation is 1. The van der Waals surface area contributed by atoms with Crippen molar-refractivity contribution in [3.63, 3.8) is 0 Å². The number of anilines is 1. The Balaban J connectivity index is 1.44. The van der Waals surface area contributed by atoms with Gasteiger partial charge in [0.2, 0.25) is 0 Å². The summed E-state index contributed by atoms with van der Waals surface area (Å²) in [7, 11) is 1.91. The van der Waals surface area contributed by atoms with E-state index in [1.807, 2.05) is 30.5 Å². The molecule has 0 aromatic carbocycles. The van der Waals surface area contributed by atoms with Crippen molar-refractivity contribution >= 4 is 38.7 Å². The van der Waals surface area contributed by atoms with E-state index in [-0.39, 0.29) is 18.2 Å². The van der Waals surface area contributed by atoms with E-state index in [2.05, 4.69) is 55.8 Å². The van der Waals surface area contributed by atoms with Crippen LogP contribution in [0.3, 0.4) is 0 Å². The van der Waals surface area contributed by atoms with E-state index in [0.717, 1.165) is 58.4 Å². The van der Waals surface area contributed by atoms with Crippen molar-refractivity contribution in [3.8, 4) is 11.3 Å². The van der Waals surface area contributed by atoms with Crippen LogP contribution in [0.1, 0.15) is 26.7 Å². The maximum atomic E-state index is 12.7. The van der Waals surface area contributed by atoms with Gasteiger partial charge in [0.05, 0.1) is 46.1 Å². The molecule has 3 aromatic rings. The lowest BCUT2D eigenvalue weighted by atomic mass is 10.1. The maximum Gasteiger partial charge on any atom is 0.410 e. The predicted octanol–water partition coefficient (Wildman–Crippen LogP) is 4.17. The molecule has 2 saturated heterocycles. The number of fused-ring (bicyclic) bond motifs is 3. The first-order valence-corrected chi connectivity index (χ1v) is 11.6. The van der Waals surface area contributed by atoms with Crippen LogP contribution in [-0.4, -0.2) is 62.5 Å². The molecule has 2 aliphatic heterocycles. The van der Waals surface area contributed by atoms with Crippen LogP contribution < -0.4 is 4.90 Å². The zero-order valence-corrected chi connectivity index (χ0v) is 19.6. The van der Waals surface area contributed by atoms with Crippen LogP contribution in [0.5, 0.6) is 0 Å². The van der Waals surface area contributed by atoms with Gasteiger partial charge in [0.15, 0.2) is 0 Å². The first-order chi connectivity index (χ1) is 14.9. The van der Waals surface area contributed by atoms with Crippen LogP contribution in [-0.2, 0) is 11.8 Å². The van der Waals surface area contributed by atoms with Crippen LogP contribution in [0.15, 0.2) is 29.1 Å². The number of H-pyrrole nitrogens is 1. The largest absolute Gasteiger partial charge is 0.449 e. The molecule has 2 bridgehead atoms. The lowest BCUT2D eigenvalue weighted by Crippen LogP contribution is -2.56. The number of nitrogens with zero attached hydrogens (tertiary/aromatic N) is 5. The lowest BCUT2D eigenvalue weighted by Gasteiger charge is -2.41. The van der Waals surface area contributed by atoms with Crippen molar-refractivity contribution in [1.82, 2.24) is 24.6 Å². The van der Waals surface area contributed by atoms with Crippen molar-refractivity contribution in [2.24, 2.45) is 13.0 Å². The second-order valence-corrected chi connectivity index (χ2v) is 9.73. The van der Waals surface area contributed by atoms with Gasteiger partial charge >= 0.3 is 6.09 Å². The fourth-order valence-corrected chi connectivity index (χ4v) is 5.50. The minimum atomic E-state index is -0.164. The van der Waals surface area contributed by atoms with E-state index in [9.17, 15) is 4.79 Å². The highest BCUT2D eigenvalue weighted by Crippen LogP contribution is 2.41. The molecule has 3 aromatic heterocycles. The van der Waals surface area contributed by atoms with Gasteiger partial charge in [-0.15, -0.1) is 0 Å². The highest BCUT2D eigenvalue weighted by atomic mass is 79.9. The topological polar surface area (TPSA) is 79.3 Å². The fraction of sp³-hybridized carbons (Fsp3) is 0.500. The van der Waals surface area contributed by atoms with Gasteiger partial charge in [0, 0.05) is 38.1 Å². The Kier molecular flexibility index (Phi) is 5.16. The highest BCUT2D eigenvalue weighted by Gasteiger charge is 2.44. The predicted molar refractivity (Wildman–Crippen MR) is 123 cm³/mol. The number of carbonyl (C=O) groups is 1. The summed E-state index contributed by atoms with van der Waals surface area (Å²) in [6, 6.07) is 2.43. The summed E-state index contributed by atoms with van der Waals surface area (Å²) in [4.78, 5) is 25.1.